The minimum Gasteiger partial charge on any atom is -0.245 e. The highest BCUT2D eigenvalue weighted by Crippen LogP contribution is 2.36. The van der Waals surface area contributed by atoms with Gasteiger partial charge in [-0.1, -0.05) is 27.5 Å². The van der Waals surface area contributed by atoms with Gasteiger partial charge >= 0.3 is 6.18 Å². The molecule has 16 heavy (non-hydrogen) atoms. The number of hydrogen-bond donors (Lipinski definition) is 0. The van der Waals surface area contributed by atoms with Crippen LogP contribution in [0.2, 0.25) is 5.02 Å². The molecular formula is C8H4BrClF5N. The zero-order chi connectivity index (χ0) is 12.5. The fraction of sp³-hybridized carbons (Fsp3) is 0.375. The van der Waals surface area contributed by atoms with Crippen molar-refractivity contribution in [2.75, 3.05) is 0 Å². The van der Waals surface area contributed by atoms with E-state index in [-0.39, 0.29) is 11.0 Å². The first-order valence-corrected chi connectivity index (χ1v) is 5.38. The Hall–Kier alpha value is -0.430. The van der Waals surface area contributed by atoms with Crippen molar-refractivity contribution >= 4 is 27.5 Å². The van der Waals surface area contributed by atoms with Gasteiger partial charge < -0.3 is 0 Å². The van der Waals surface area contributed by atoms with Crippen LogP contribution in [0.5, 0.6) is 0 Å². The highest BCUT2D eigenvalue weighted by Gasteiger charge is 2.36. The maximum absolute atomic E-state index is 12.4. The second-order valence-corrected chi connectivity index (χ2v) is 3.75. The van der Waals surface area contributed by atoms with Crippen molar-refractivity contribution in [3.63, 3.8) is 0 Å². The van der Waals surface area contributed by atoms with Crippen LogP contribution >= 0.6 is 27.5 Å². The molecule has 0 fully saturated rings. The molecule has 0 saturated heterocycles. The smallest absolute Gasteiger partial charge is 0.245 e. The van der Waals surface area contributed by atoms with Gasteiger partial charge in [-0.05, 0) is 6.07 Å². The molecule has 1 nitrogen and oxygen atoms in total. The Labute approximate surface area is 101 Å². The SMILES string of the molecule is FC(F)c1cc(Cl)c(C(F)(F)F)nc1CBr. The van der Waals surface area contributed by atoms with Gasteiger partial charge in [0.05, 0.1) is 10.7 Å². The van der Waals surface area contributed by atoms with E-state index in [4.69, 9.17) is 11.6 Å². The van der Waals surface area contributed by atoms with Crippen LogP contribution in [-0.4, -0.2) is 4.98 Å². The summed E-state index contributed by atoms with van der Waals surface area (Å²) in [6, 6.07) is 0.596. The van der Waals surface area contributed by atoms with Gasteiger partial charge in [0.25, 0.3) is 6.43 Å². The Kier molecular flexibility index (Phi) is 4.12. The van der Waals surface area contributed by atoms with Crippen molar-refractivity contribution in [1.82, 2.24) is 4.98 Å². The molecule has 1 rings (SSSR count). The summed E-state index contributed by atoms with van der Waals surface area (Å²) in [5.41, 5.74) is -2.32. The molecule has 1 aromatic heterocycles. The maximum atomic E-state index is 12.4. The van der Waals surface area contributed by atoms with Crippen LogP contribution in [0.25, 0.3) is 0 Å². The molecule has 0 bridgehead atoms. The summed E-state index contributed by atoms with van der Waals surface area (Å²) in [5, 5.41) is -1.03. The number of rotatable bonds is 2. The molecule has 0 N–H and O–H groups in total. The van der Waals surface area contributed by atoms with E-state index in [0.29, 0.717) is 6.07 Å². The molecule has 0 atom stereocenters. The molecule has 0 spiro atoms. The van der Waals surface area contributed by atoms with Crippen LogP contribution in [0.15, 0.2) is 6.07 Å². The first kappa shape index (κ1) is 13.6. The molecule has 90 valence electrons. The zero-order valence-electron chi connectivity index (χ0n) is 7.45. The average molecular weight is 324 g/mol. The Balaban J connectivity index is 3.37. The molecular weight excluding hydrogens is 320 g/mol. The van der Waals surface area contributed by atoms with Crippen molar-refractivity contribution in [2.24, 2.45) is 0 Å². The van der Waals surface area contributed by atoms with Gasteiger partial charge in [0, 0.05) is 10.9 Å². The number of hydrogen-bond acceptors (Lipinski definition) is 1. The Morgan fingerprint density at radius 2 is 1.94 bits per heavy atom. The van der Waals surface area contributed by atoms with Crippen LogP contribution in [0.1, 0.15) is 23.4 Å². The summed E-state index contributed by atoms with van der Waals surface area (Å²) in [5.74, 6) is 0. The van der Waals surface area contributed by atoms with Gasteiger partial charge in [0.15, 0.2) is 5.69 Å². The number of halogens is 7. The summed E-state index contributed by atoms with van der Waals surface area (Å²) in [7, 11) is 0. The second kappa shape index (κ2) is 4.83. The quantitative estimate of drug-likeness (QED) is 0.573. The van der Waals surface area contributed by atoms with E-state index in [1.807, 2.05) is 0 Å². The fourth-order valence-electron chi connectivity index (χ4n) is 1.04. The minimum atomic E-state index is -4.76. The highest BCUT2D eigenvalue weighted by molar-refractivity contribution is 9.08. The third-order valence-corrected chi connectivity index (χ3v) is 2.54. The predicted octanol–water partition coefficient (Wildman–Crippen LogP) is 4.59. The third-order valence-electron chi connectivity index (χ3n) is 1.72. The summed E-state index contributed by atoms with van der Waals surface area (Å²) in [6.07, 6.45) is -7.67. The van der Waals surface area contributed by atoms with E-state index in [0.717, 1.165) is 0 Å². The van der Waals surface area contributed by atoms with Crippen molar-refractivity contribution < 1.29 is 22.0 Å². The van der Waals surface area contributed by atoms with E-state index >= 15 is 0 Å². The van der Waals surface area contributed by atoms with Gasteiger partial charge in [-0.15, -0.1) is 0 Å². The van der Waals surface area contributed by atoms with E-state index < -0.39 is 28.9 Å². The first-order chi connectivity index (χ1) is 7.27. The number of nitrogens with zero attached hydrogens (tertiary/aromatic N) is 1. The Morgan fingerprint density at radius 3 is 2.31 bits per heavy atom. The summed E-state index contributed by atoms with van der Waals surface area (Å²) in [4.78, 5) is 3.10. The molecule has 1 heterocycles. The molecule has 8 heteroatoms. The van der Waals surface area contributed by atoms with Crippen molar-refractivity contribution in [1.29, 1.82) is 0 Å². The molecule has 0 unspecified atom stereocenters. The van der Waals surface area contributed by atoms with Gasteiger partial charge in [-0.25, -0.2) is 13.8 Å². The standard InChI is InChI=1S/C8H4BrClF5N/c9-2-5-3(7(11)12)1-4(10)6(16-5)8(13,14)15/h1,7H,2H2. The first-order valence-electron chi connectivity index (χ1n) is 3.88. The van der Waals surface area contributed by atoms with Crippen molar-refractivity contribution in [3.8, 4) is 0 Å². The van der Waals surface area contributed by atoms with Gasteiger partial charge in [0.1, 0.15) is 0 Å². The third kappa shape index (κ3) is 2.82. The molecule has 0 amide bonds. The van der Waals surface area contributed by atoms with Crippen molar-refractivity contribution in [3.05, 3.63) is 28.0 Å². The molecule has 1 aromatic rings. The lowest BCUT2D eigenvalue weighted by Gasteiger charge is -2.12. The van der Waals surface area contributed by atoms with Crippen LogP contribution < -0.4 is 0 Å². The van der Waals surface area contributed by atoms with Gasteiger partial charge in [-0.2, -0.15) is 13.2 Å². The Morgan fingerprint density at radius 1 is 1.38 bits per heavy atom. The van der Waals surface area contributed by atoms with Crippen LogP contribution in [-0.2, 0) is 11.5 Å². The van der Waals surface area contributed by atoms with Crippen LogP contribution in [0.4, 0.5) is 22.0 Å². The highest BCUT2D eigenvalue weighted by atomic mass is 79.9. The predicted molar refractivity (Wildman–Crippen MR) is 51.8 cm³/mol. The number of pyridine rings is 1. The van der Waals surface area contributed by atoms with E-state index in [1.54, 1.807) is 0 Å². The minimum absolute atomic E-state index is 0.201. The normalized spacial score (nSPS) is 12.2. The monoisotopic (exact) mass is 323 g/mol. The molecule has 0 aliphatic carbocycles. The van der Waals surface area contributed by atoms with Gasteiger partial charge in [0.2, 0.25) is 0 Å². The summed E-state index contributed by atoms with van der Waals surface area (Å²) >= 11 is 8.05. The number of aromatic nitrogens is 1. The molecule has 0 aromatic carbocycles. The topological polar surface area (TPSA) is 12.9 Å². The lowest BCUT2D eigenvalue weighted by atomic mass is 10.2. The number of alkyl halides is 6. The summed E-state index contributed by atoms with van der Waals surface area (Å²) in [6.45, 7) is 0. The molecule has 0 aliphatic heterocycles. The Bertz CT molecular complexity index is 393. The van der Waals surface area contributed by atoms with Crippen LogP contribution in [0, 0.1) is 0 Å². The fourth-order valence-corrected chi connectivity index (χ4v) is 1.75. The zero-order valence-corrected chi connectivity index (χ0v) is 9.80. The molecule has 0 saturated carbocycles. The lowest BCUT2D eigenvalue weighted by Crippen LogP contribution is -2.12. The summed E-state index contributed by atoms with van der Waals surface area (Å²) < 4.78 is 61.9. The van der Waals surface area contributed by atoms with Crippen LogP contribution in [0.3, 0.4) is 0 Å². The molecule has 0 aliphatic rings. The molecule has 0 radical (unpaired) electrons. The second-order valence-electron chi connectivity index (χ2n) is 2.79. The van der Waals surface area contributed by atoms with E-state index in [9.17, 15) is 22.0 Å². The lowest BCUT2D eigenvalue weighted by molar-refractivity contribution is -0.141. The van der Waals surface area contributed by atoms with E-state index in [2.05, 4.69) is 20.9 Å². The van der Waals surface area contributed by atoms with E-state index in [1.165, 1.54) is 0 Å². The maximum Gasteiger partial charge on any atom is 0.434 e. The average Bonchev–Trinajstić information content (AvgIpc) is 2.15. The van der Waals surface area contributed by atoms with Crippen molar-refractivity contribution in [2.45, 2.75) is 17.9 Å². The largest absolute Gasteiger partial charge is 0.434 e. The van der Waals surface area contributed by atoms with Gasteiger partial charge in [-0.3, -0.25) is 0 Å².